The van der Waals surface area contributed by atoms with Gasteiger partial charge in [0.2, 0.25) is 0 Å². The fourth-order valence-electron chi connectivity index (χ4n) is 1.33. The molecule has 0 aliphatic heterocycles. The molecule has 0 aliphatic rings. The fraction of sp³-hybridized carbons (Fsp3) is 0.182. The molecule has 0 aliphatic carbocycles. The van der Waals surface area contributed by atoms with Crippen molar-refractivity contribution < 1.29 is 0 Å². The minimum Gasteiger partial charge on any atom is -0.363 e. The Balaban J connectivity index is 2.07. The topological polar surface area (TPSA) is 24.9 Å². The van der Waals surface area contributed by atoms with Crippen molar-refractivity contribution in [3.8, 4) is 0 Å². The van der Waals surface area contributed by atoms with Gasteiger partial charge in [0.1, 0.15) is 5.82 Å². The summed E-state index contributed by atoms with van der Waals surface area (Å²) in [5.74, 6) is 0.950. The maximum Gasteiger partial charge on any atom is 0.140 e. The number of benzene rings is 1. The van der Waals surface area contributed by atoms with Crippen LogP contribution in [0.5, 0.6) is 0 Å². The van der Waals surface area contributed by atoms with E-state index in [-0.39, 0.29) is 0 Å². The lowest BCUT2D eigenvalue weighted by Crippen LogP contribution is -2.06. The highest BCUT2D eigenvalue weighted by atomic mass is 32.1. The van der Waals surface area contributed by atoms with Crippen LogP contribution in [0.4, 0.5) is 5.82 Å². The first-order chi connectivity index (χ1) is 6.86. The Morgan fingerprint density at radius 1 is 1.21 bits per heavy atom. The van der Waals surface area contributed by atoms with Gasteiger partial charge in [0.05, 0.1) is 0 Å². The van der Waals surface area contributed by atoms with Gasteiger partial charge in [-0.3, -0.25) is 0 Å². The summed E-state index contributed by atoms with van der Waals surface area (Å²) in [6, 6.07) is 12.7. The number of hydrogen-bond donors (Lipinski definition) is 1. The third-order valence-corrected chi connectivity index (χ3v) is 2.66. The average molecular weight is 204 g/mol. The van der Waals surface area contributed by atoms with E-state index >= 15 is 0 Å². The molecule has 1 atom stereocenters. The van der Waals surface area contributed by atoms with Crippen LogP contribution in [-0.2, 0) is 0 Å². The quantitative estimate of drug-likeness (QED) is 0.829. The molecule has 72 valence electrons. The summed E-state index contributed by atoms with van der Waals surface area (Å²) in [7, 11) is 0. The highest BCUT2D eigenvalue weighted by Crippen LogP contribution is 2.17. The van der Waals surface area contributed by atoms with E-state index in [1.54, 1.807) is 0 Å². The van der Waals surface area contributed by atoms with Gasteiger partial charge in [-0.2, -0.15) is 4.37 Å². The zero-order chi connectivity index (χ0) is 9.80. The molecule has 1 N–H and O–H groups in total. The monoisotopic (exact) mass is 204 g/mol. The van der Waals surface area contributed by atoms with E-state index in [9.17, 15) is 0 Å². The Labute approximate surface area is 87.8 Å². The fourth-order valence-corrected chi connectivity index (χ4v) is 1.81. The number of aromatic nitrogens is 1. The Morgan fingerprint density at radius 3 is 2.64 bits per heavy atom. The molecule has 0 amide bonds. The second kappa shape index (κ2) is 4.24. The molecule has 2 aromatic rings. The molecule has 2 rings (SSSR count). The smallest absolute Gasteiger partial charge is 0.140 e. The van der Waals surface area contributed by atoms with Crippen LogP contribution in [0.3, 0.4) is 0 Å². The Kier molecular flexibility index (Phi) is 2.79. The number of hydrogen-bond acceptors (Lipinski definition) is 3. The number of nitrogens with one attached hydrogen (secondary N) is 1. The van der Waals surface area contributed by atoms with Gasteiger partial charge in [0.25, 0.3) is 0 Å². The first kappa shape index (κ1) is 9.21. The molecule has 3 heteroatoms. The number of nitrogens with zero attached hydrogens (tertiary/aromatic N) is 1. The molecule has 0 saturated carbocycles. The van der Waals surface area contributed by atoms with Gasteiger partial charge in [-0.15, -0.1) is 0 Å². The summed E-state index contributed by atoms with van der Waals surface area (Å²) in [4.78, 5) is 0. The van der Waals surface area contributed by atoms with Crippen molar-refractivity contribution in [2.45, 2.75) is 13.0 Å². The molecule has 1 unspecified atom stereocenters. The normalized spacial score (nSPS) is 12.4. The van der Waals surface area contributed by atoms with Crippen LogP contribution in [0.25, 0.3) is 0 Å². The minimum atomic E-state index is 0.304. The van der Waals surface area contributed by atoms with Crippen molar-refractivity contribution in [1.82, 2.24) is 4.37 Å². The number of rotatable bonds is 3. The van der Waals surface area contributed by atoms with Gasteiger partial charge < -0.3 is 5.32 Å². The molecule has 0 saturated heterocycles. The average Bonchev–Trinajstić information content (AvgIpc) is 2.72. The van der Waals surface area contributed by atoms with Crippen molar-refractivity contribution in [3.05, 3.63) is 47.3 Å². The van der Waals surface area contributed by atoms with E-state index in [0.717, 1.165) is 5.82 Å². The Bertz CT molecular complexity index is 369. The molecule has 14 heavy (non-hydrogen) atoms. The van der Waals surface area contributed by atoms with Crippen LogP contribution in [0.2, 0.25) is 0 Å². The van der Waals surface area contributed by atoms with Gasteiger partial charge in [0, 0.05) is 11.4 Å². The van der Waals surface area contributed by atoms with E-state index in [1.165, 1.54) is 17.1 Å². The van der Waals surface area contributed by atoms with Crippen LogP contribution in [-0.4, -0.2) is 4.37 Å². The summed E-state index contributed by atoms with van der Waals surface area (Å²) in [5, 5.41) is 5.31. The molecule has 0 fully saturated rings. The van der Waals surface area contributed by atoms with Crippen LogP contribution in [0, 0.1) is 0 Å². The predicted molar refractivity (Wildman–Crippen MR) is 60.6 cm³/mol. The Morgan fingerprint density at radius 2 is 2.00 bits per heavy atom. The summed E-state index contributed by atoms with van der Waals surface area (Å²) in [6.45, 7) is 2.13. The van der Waals surface area contributed by atoms with Gasteiger partial charge in [-0.1, -0.05) is 30.3 Å². The predicted octanol–water partition coefficient (Wildman–Crippen LogP) is 3.32. The standard InChI is InChI=1S/C11H12N2S/c1-9(10-5-3-2-4-6-10)12-11-7-8-14-13-11/h2-9H,1H3,(H,12,13). The highest BCUT2D eigenvalue weighted by molar-refractivity contribution is 7.03. The van der Waals surface area contributed by atoms with Crippen LogP contribution in [0.15, 0.2) is 41.8 Å². The lowest BCUT2D eigenvalue weighted by molar-refractivity contribution is 0.879. The van der Waals surface area contributed by atoms with Crippen molar-refractivity contribution in [3.63, 3.8) is 0 Å². The van der Waals surface area contributed by atoms with Crippen LogP contribution in [0.1, 0.15) is 18.5 Å². The molecular weight excluding hydrogens is 192 g/mol. The molecule has 0 spiro atoms. The first-order valence-electron chi connectivity index (χ1n) is 4.58. The van der Waals surface area contributed by atoms with Gasteiger partial charge in [-0.25, -0.2) is 0 Å². The zero-order valence-electron chi connectivity index (χ0n) is 7.97. The lowest BCUT2D eigenvalue weighted by atomic mass is 10.1. The maximum absolute atomic E-state index is 4.21. The molecule has 1 aromatic carbocycles. The largest absolute Gasteiger partial charge is 0.363 e. The van der Waals surface area contributed by atoms with E-state index < -0.39 is 0 Å². The van der Waals surface area contributed by atoms with E-state index in [2.05, 4.69) is 40.9 Å². The van der Waals surface area contributed by atoms with Crippen LogP contribution >= 0.6 is 11.5 Å². The highest BCUT2D eigenvalue weighted by Gasteiger charge is 2.04. The molecule has 1 aromatic heterocycles. The van der Waals surface area contributed by atoms with Crippen molar-refractivity contribution in [2.24, 2.45) is 0 Å². The zero-order valence-corrected chi connectivity index (χ0v) is 8.79. The molecular formula is C11H12N2S. The molecule has 2 nitrogen and oxygen atoms in total. The summed E-state index contributed by atoms with van der Waals surface area (Å²) < 4.78 is 4.21. The third kappa shape index (κ3) is 2.12. The van der Waals surface area contributed by atoms with Gasteiger partial charge in [-0.05, 0) is 30.1 Å². The summed E-state index contributed by atoms with van der Waals surface area (Å²) >= 11 is 1.46. The maximum atomic E-state index is 4.21. The lowest BCUT2D eigenvalue weighted by Gasteiger charge is -2.12. The van der Waals surface area contributed by atoms with Crippen molar-refractivity contribution >= 4 is 17.4 Å². The van der Waals surface area contributed by atoms with Crippen LogP contribution < -0.4 is 5.32 Å². The molecule has 0 bridgehead atoms. The van der Waals surface area contributed by atoms with E-state index in [0.29, 0.717) is 6.04 Å². The van der Waals surface area contributed by atoms with Gasteiger partial charge in [0.15, 0.2) is 0 Å². The van der Waals surface area contributed by atoms with E-state index in [1.807, 2.05) is 17.5 Å². The minimum absolute atomic E-state index is 0.304. The first-order valence-corrected chi connectivity index (χ1v) is 5.42. The second-order valence-corrected chi connectivity index (χ2v) is 3.83. The van der Waals surface area contributed by atoms with E-state index in [4.69, 9.17) is 0 Å². The second-order valence-electron chi connectivity index (χ2n) is 3.16. The van der Waals surface area contributed by atoms with Gasteiger partial charge >= 0.3 is 0 Å². The molecule has 0 radical (unpaired) electrons. The summed E-state index contributed by atoms with van der Waals surface area (Å²) in [5.41, 5.74) is 1.28. The third-order valence-electron chi connectivity index (χ3n) is 2.10. The summed E-state index contributed by atoms with van der Waals surface area (Å²) in [6.07, 6.45) is 0. The Hall–Kier alpha value is -1.35. The SMILES string of the molecule is CC(Nc1ccsn1)c1ccccc1. The van der Waals surface area contributed by atoms with Crippen molar-refractivity contribution in [1.29, 1.82) is 0 Å². The number of anilines is 1. The van der Waals surface area contributed by atoms with Crippen molar-refractivity contribution in [2.75, 3.05) is 5.32 Å². The molecule has 1 heterocycles.